The van der Waals surface area contributed by atoms with Crippen LogP contribution >= 0.6 is 11.6 Å². The lowest BCUT2D eigenvalue weighted by molar-refractivity contribution is -0.116. The SMILES string of the molecule is COc1cc(Nc2nc3ccccc3nc2NS(=O)(=O)c2cccc(CC(=O)CNc3ccc(Cl)cc3)c2)cc(OC)c1. The monoisotopic (exact) mass is 617 g/mol. The fraction of sp³-hybridized carbons (Fsp3) is 0.129. The fourth-order valence-corrected chi connectivity index (χ4v) is 5.45. The van der Waals surface area contributed by atoms with Gasteiger partial charge in [-0.1, -0.05) is 35.9 Å². The largest absolute Gasteiger partial charge is 0.497 e. The summed E-state index contributed by atoms with van der Waals surface area (Å²) in [5, 5.41) is 6.78. The lowest BCUT2D eigenvalue weighted by Gasteiger charge is -2.15. The number of Topliss-reactive ketones (excluding diaryl/α,β-unsaturated/α-hetero) is 1. The Morgan fingerprint density at radius 2 is 1.44 bits per heavy atom. The van der Waals surface area contributed by atoms with Gasteiger partial charge in [0.15, 0.2) is 17.4 Å². The van der Waals surface area contributed by atoms with Crippen molar-refractivity contribution in [2.24, 2.45) is 0 Å². The normalized spacial score (nSPS) is 11.1. The maximum atomic E-state index is 13.6. The summed E-state index contributed by atoms with van der Waals surface area (Å²) in [6, 6.07) is 25.5. The van der Waals surface area contributed by atoms with Gasteiger partial charge in [0.1, 0.15) is 11.5 Å². The smallest absolute Gasteiger partial charge is 0.263 e. The number of ether oxygens (including phenoxy) is 2. The number of nitrogens with one attached hydrogen (secondary N) is 3. The summed E-state index contributed by atoms with van der Waals surface area (Å²) in [5.41, 5.74) is 2.93. The minimum Gasteiger partial charge on any atom is -0.497 e. The van der Waals surface area contributed by atoms with Crippen molar-refractivity contribution in [1.29, 1.82) is 0 Å². The molecule has 0 amide bonds. The molecule has 5 rings (SSSR count). The van der Waals surface area contributed by atoms with E-state index >= 15 is 0 Å². The standard InChI is InChI=1S/C31H28ClN5O5S/c1-41-25-16-23(17-26(18-25)42-2)34-30-31(36-29-9-4-3-8-28(29)35-30)37-43(39,40)27-7-5-6-20(15-27)14-24(38)19-33-22-12-10-21(32)11-13-22/h3-13,15-18,33H,14,19H2,1-2H3,(H,34,35)(H,36,37). The topological polar surface area (TPSA) is 132 Å². The average molecular weight is 618 g/mol. The number of methoxy groups -OCH3 is 2. The molecule has 0 radical (unpaired) electrons. The maximum Gasteiger partial charge on any atom is 0.263 e. The van der Waals surface area contributed by atoms with Gasteiger partial charge < -0.3 is 20.1 Å². The highest BCUT2D eigenvalue weighted by Gasteiger charge is 2.20. The number of sulfonamides is 1. The molecule has 0 aliphatic carbocycles. The first kappa shape index (κ1) is 29.6. The Balaban J connectivity index is 1.38. The molecule has 4 aromatic carbocycles. The van der Waals surface area contributed by atoms with Crippen LogP contribution in [0.3, 0.4) is 0 Å². The number of benzene rings is 4. The van der Waals surface area contributed by atoms with E-state index in [0.29, 0.717) is 38.8 Å². The molecular formula is C31H28ClN5O5S. The van der Waals surface area contributed by atoms with Crippen LogP contribution in [0.25, 0.3) is 11.0 Å². The van der Waals surface area contributed by atoms with E-state index in [4.69, 9.17) is 21.1 Å². The van der Waals surface area contributed by atoms with Gasteiger partial charge in [0.05, 0.1) is 36.7 Å². The predicted octanol–water partition coefficient (Wildman–Crippen LogP) is 6.07. The Morgan fingerprint density at radius 3 is 2.09 bits per heavy atom. The zero-order valence-electron chi connectivity index (χ0n) is 23.3. The van der Waals surface area contributed by atoms with Gasteiger partial charge >= 0.3 is 0 Å². The Hall–Kier alpha value is -4.87. The first-order valence-corrected chi connectivity index (χ1v) is 15.0. The molecule has 1 aromatic heterocycles. The number of ketones is 1. The second-order valence-corrected chi connectivity index (χ2v) is 11.6. The van der Waals surface area contributed by atoms with Crippen molar-refractivity contribution in [2.75, 3.05) is 36.1 Å². The van der Waals surface area contributed by atoms with Crippen LogP contribution < -0.4 is 24.8 Å². The number of fused-ring (bicyclic) bond motifs is 1. The zero-order chi connectivity index (χ0) is 30.4. The lowest BCUT2D eigenvalue weighted by atomic mass is 10.1. The summed E-state index contributed by atoms with van der Waals surface area (Å²) >= 11 is 5.91. The lowest BCUT2D eigenvalue weighted by Crippen LogP contribution is -2.18. The zero-order valence-corrected chi connectivity index (χ0v) is 24.9. The molecular weight excluding hydrogens is 590 g/mol. The van der Waals surface area contributed by atoms with Gasteiger partial charge in [-0.05, 0) is 54.1 Å². The number of para-hydroxylation sites is 2. The van der Waals surface area contributed by atoms with E-state index < -0.39 is 10.0 Å². The van der Waals surface area contributed by atoms with E-state index in [9.17, 15) is 13.2 Å². The second-order valence-electron chi connectivity index (χ2n) is 9.46. The van der Waals surface area contributed by atoms with Crippen LogP contribution in [0, 0.1) is 0 Å². The molecule has 5 aromatic rings. The number of aromatic nitrogens is 2. The van der Waals surface area contributed by atoms with E-state index in [1.54, 1.807) is 72.8 Å². The molecule has 0 aliphatic rings. The third-order valence-corrected chi connectivity index (χ3v) is 7.95. The summed E-state index contributed by atoms with van der Waals surface area (Å²) in [5.74, 6) is 1.13. The molecule has 0 bridgehead atoms. The fourth-order valence-electron chi connectivity index (χ4n) is 4.24. The molecule has 0 saturated carbocycles. The summed E-state index contributed by atoms with van der Waals surface area (Å²) in [6.45, 7) is 0.0770. The molecule has 220 valence electrons. The summed E-state index contributed by atoms with van der Waals surface area (Å²) in [4.78, 5) is 21.8. The molecule has 0 saturated heterocycles. The van der Waals surface area contributed by atoms with Crippen LogP contribution in [-0.4, -0.2) is 44.9 Å². The molecule has 10 nitrogen and oxygen atoms in total. The van der Waals surface area contributed by atoms with Crippen molar-refractivity contribution in [1.82, 2.24) is 9.97 Å². The van der Waals surface area contributed by atoms with Crippen molar-refractivity contribution in [3.05, 3.63) is 102 Å². The van der Waals surface area contributed by atoms with Gasteiger partial charge in [0.25, 0.3) is 10.0 Å². The van der Waals surface area contributed by atoms with Gasteiger partial charge in [-0.15, -0.1) is 0 Å². The molecule has 12 heteroatoms. The minimum absolute atomic E-state index is 0.00543. The highest BCUT2D eigenvalue weighted by Crippen LogP contribution is 2.31. The van der Waals surface area contributed by atoms with Crippen LogP contribution in [0.15, 0.2) is 95.9 Å². The van der Waals surface area contributed by atoms with Gasteiger partial charge in [-0.3, -0.25) is 9.52 Å². The molecule has 43 heavy (non-hydrogen) atoms. The summed E-state index contributed by atoms with van der Waals surface area (Å²) < 4.78 is 40.4. The highest BCUT2D eigenvalue weighted by atomic mass is 35.5. The van der Waals surface area contributed by atoms with E-state index in [2.05, 4.69) is 25.3 Å². The van der Waals surface area contributed by atoms with Gasteiger partial charge in [-0.25, -0.2) is 18.4 Å². The summed E-state index contributed by atoms with van der Waals surface area (Å²) in [6.07, 6.45) is 0.0458. The van der Waals surface area contributed by atoms with Gasteiger partial charge in [-0.2, -0.15) is 0 Å². The van der Waals surface area contributed by atoms with Crippen LogP contribution in [0.1, 0.15) is 5.56 Å². The number of nitrogens with zero attached hydrogens (tertiary/aromatic N) is 2. The molecule has 0 spiro atoms. The van der Waals surface area contributed by atoms with E-state index in [-0.39, 0.29) is 35.3 Å². The maximum absolute atomic E-state index is 13.6. The Morgan fingerprint density at radius 1 is 0.791 bits per heavy atom. The Labute approximate surface area is 254 Å². The highest BCUT2D eigenvalue weighted by molar-refractivity contribution is 7.92. The number of anilines is 4. The van der Waals surface area contributed by atoms with Crippen molar-refractivity contribution in [2.45, 2.75) is 11.3 Å². The molecule has 0 atom stereocenters. The third kappa shape index (κ3) is 7.51. The van der Waals surface area contributed by atoms with Crippen molar-refractivity contribution >= 4 is 61.5 Å². The van der Waals surface area contributed by atoms with E-state index in [1.807, 2.05) is 6.07 Å². The molecule has 0 unspecified atom stereocenters. The minimum atomic E-state index is -4.12. The van der Waals surface area contributed by atoms with Crippen LogP contribution in [-0.2, 0) is 21.2 Å². The first-order chi connectivity index (χ1) is 20.7. The quantitative estimate of drug-likeness (QED) is 0.153. The van der Waals surface area contributed by atoms with E-state index in [1.165, 1.54) is 26.4 Å². The number of rotatable bonds is 12. The second kappa shape index (κ2) is 13.0. The average Bonchev–Trinajstić information content (AvgIpc) is 3.01. The number of hydrogen-bond donors (Lipinski definition) is 3. The number of halogens is 1. The van der Waals surface area contributed by atoms with Gasteiger partial charge in [0.2, 0.25) is 0 Å². The molecule has 3 N–H and O–H groups in total. The Bertz CT molecular complexity index is 1860. The van der Waals surface area contributed by atoms with Crippen molar-refractivity contribution in [3.63, 3.8) is 0 Å². The third-order valence-electron chi connectivity index (χ3n) is 6.36. The number of carbonyl (C=O) groups is 1. The Kier molecular flexibility index (Phi) is 8.93. The van der Waals surface area contributed by atoms with Crippen LogP contribution in [0.5, 0.6) is 11.5 Å². The predicted molar refractivity (Wildman–Crippen MR) is 168 cm³/mol. The molecule has 0 aliphatic heterocycles. The van der Waals surface area contributed by atoms with Crippen LogP contribution in [0.4, 0.5) is 23.0 Å². The molecule has 0 fully saturated rings. The van der Waals surface area contributed by atoms with Crippen LogP contribution in [0.2, 0.25) is 5.02 Å². The van der Waals surface area contributed by atoms with Crippen molar-refractivity contribution < 1.29 is 22.7 Å². The molecule has 1 heterocycles. The number of hydrogen-bond acceptors (Lipinski definition) is 9. The number of carbonyl (C=O) groups excluding carboxylic acids is 1. The van der Waals surface area contributed by atoms with E-state index in [0.717, 1.165) is 5.69 Å². The summed E-state index contributed by atoms with van der Waals surface area (Å²) in [7, 11) is -1.05. The van der Waals surface area contributed by atoms with Gasteiger partial charge in [0, 0.05) is 41.0 Å². The van der Waals surface area contributed by atoms with Crippen molar-refractivity contribution in [3.8, 4) is 11.5 Å². The first-order valence-electron chi connectivity index (χ1n) is 13.1.